The van der Waals surface area contributed by atoms with Crippen LogP contribution in [0.4, 0.5) is 0 Å². The van der Waals surface area contributed by atoms with Gasteiger partial charge in [0.1, 0.15) is 0 Å². The molecule has 8 nitrogen and oxygen atoms in total. The lowest BCUT2D eigenvalue weighted by Gasteiger charge is -2.40. The standard InChI is InChI=1S/C20H26N2O6S/c1-15(23)22-10-8-20(9-11-22,16-5-3-2-4-6-16)19(25)28-13-18(24)21-17-7-12-29(26,27)14-17/h2-6,17H,7-14H2,1H3,(H,21,24)/t17-/m1/s1. The van der Waals surface area contributed by atoms with Crippen LogP contribution in [0.2, 0.25) is 0 Å². The Kier molecular flexibility index (Phi) is 6.26. The van der Waals surface area contributed by atoms with Crippen molar-refractivity contribution in [2.45, 2.75) is 37.6 Å². The number of carbonyl (C=O) groups excluding carboxylic acids is 3. The molecule has 0 bridgehead atoms. The summed E-state index contributed by atoms with van der Waals surface area (Å²) in [4.78, 5) is 38.5. The van der Waals surface area contributed by atoms with Gasteiger partial charge in [0.15, 0.2) is 16.4 Å². The molecular weight excluding hydrogens is 396 g/mol. The van der Waals surface area contributed by atoms with Crippen molar-refractivity contribution in [2.75, 3.05) is 31.2 Å². The number of amides is 2. The number of hydrogen-bond donors (Lipinski definition) is 1. The summed E-state index contributed by atoms with van der Waals surface area (Å²) in [6.45, 7) is 1.92. The number of esters is 1. The lowest BCUT2D eigenvalue weighted by Crippen LogP contribution is -2.50. The number of likely N-dealkylation sites (tertiary alicyclic amines) is 1. The Bertz CT molecular complexity index is 875. The van der Waals surface area contributed by atoms with Crippen LogP contribution in [0.3, 0.4) is 0 Å². The SMILES string of the molecule is CC(=O)N1CCC(C(=O)OCC(=O)N[C@@H]2CCS(=O)(=O)C2)(c2ccccc2)CC1. The van der Waals surface area contributed by atoms with Gasteiger partial charge in [-0.25, -0.2) is 8.42 Å². The maximum absolute atomic E-state index is 13.0. The smallest absolute Gasteiger partial charge is 0.317 e. The average molecular weight is 423 g/mol. The lowest BCUT2D eigenvalue weighted by molar-refractivity contribution is -0.157. The summed E-state index contributed by atoms with van der Waals surface area (Å²) in [6.07, 6.45) is 1.20. The fourth-order valence-electron chi connectivity index (χ4n) is 4.02. The lowest BCUT2D eigenvalue weighted by atomic mass is 9.72. The third-order valence-corrected chi connectivity index (χ3v) is 7.48. The van der Waals surface area contributed by atoms with E-state index in [1.807, 2.05) is 30.3 Å². The maximum atomic E-state index is 13.0. The average Bonchev–Trinajstić information content (AvgIpc) is 3.04. The van der Waals surface area contributed by atoms with Crippen LogP contribution in [0.15, 0.2) is 30.3 Å². The first-order chi connectivity index (χ1) is 13.7. The van der Waals surface area contributed by atoms with Crippen LogP contribution in [-0.4, -0.2) is 68.3 Å². The van der Waals surface area contributed by atoms with E-state index in [2.05, 4.69) is 5.32 Å². The molecule has 2 heterocycles. The Hall–Kier alpha value is -2.42. The van der Waals surface area contributed by atoms with Crippen molar-refractivity contribution in [3.05, 3.63) is 35.9 Å². The fraction of sp³-hybridized carbons (Fsp3) is 0.550. The van der Waals surface area contributed by atoms with Crippen molar-refractivity contribution < 1.29 is 27.5 Å². The minimum Gasteiger partial charge on any atom is -0.455 e. The molecule has 158 valence electrons. The van der Waals surface area contributed by atoms with Gasteiger partial charge >= 0.3 is 5.97 Å². The van der Waals surface area contributed by atoms with E-state index >= 15 is 0 Å². The maximum Gasteiger partial charge on any atom is 0.317 e. The summed E-state index contributed by atoms with van der Waals surface area (Å²) in [5.41, 5.74) is -0.111. The van der Waals surface area contributed by atoms with E-state index in [0.29, 0.717) is 32.4 Å². The Morgan fingerprint density at radius 2 is 1.83 bits per heavy atom. The van der Waals surface area contributed by atoms with E-state index in [1.165, 1.54) is 6.92 Å². The van der Waals surface area contributed by atoms with Crippen LogP contribution in [0.5, 0.6) is 0 Å². The van der Waals surface area contributed by atoms with Crippen molar-refractivity contribution in [3.8, 4) is 0 Å². The second kappa shape index (κ2) is 8.52. The van der Waals surface area contributed by atoms with Crippen molar-refractivity contribution in [1.82, 2.24) is 10.2 Å². The molecule has 0 spiro atoms. The first-order valence-electron chi connectivity index (χ1n) is 9.70. The highest BCUT2D eigenvalue weighted by Crippen LogP contribution is 2.37. The molecule has 0 aliphatic carbocycles. The van der Waals surface area contributed by atoms with Gasteiger partial charge in [-0.05, 0) is 24.8 Å². The predicted molar refractivity (Wildman–Crippen MR) is 106 cm³/mol. The molecule has 2 amide bonds. The summed E-state index contributed by atoms with van der Waals surface area (Å²) in [5, 5.41) is 2.62. The molecule has 1 aromatic rings. The third kappa shape index (κ3) is 4.95. The largest absolute Gasteiger partial charge is 0.455 e. The zero-order valence-corrected chi connectivity index (χ0v) is 17.2. The van der Waals surface area contributed by atoms with Gasteiger partial charge in [0, 0.05) is 26.1 Å². The van der Waals surface area contributed by atoms with Gasteiger partial charge in [-0.3, -0.25) is 14.4 Å². The third-order valence-electron chi connectivity index (χ3n) is 5.71. The first kappa shape index (κ1) is 21.3. The van der Waals surface area contributed by atoms with Crippen LogP contribution < -0.4 is 5.32 Å². The van der Waals surface area contributed by atoms with Gasteiger partial charge < -0.3 is 15.0 Å². The minimum atomic E-state index is -3.10. The van der Waals surface area contributed by atoms with E-state index in [1.54, 1.807) is 4.90 Å². The molecule has 0 radical (unpaired) electrons. The molecule has 2 saturated heterocycles. The predicted octanol–water partition coefficient (Wildman–Crippen LogP) is 0.413. The molecule has 2 aliphatic heterocycles. The summed E-state index contributed by atoms with van der Waals surface area (Å²) >= 11 is 0. The molecule has 2 fully saturated rings. The van der Waals surface area contributed by atoms with Crippen molar-refractivity contribution in [3.63, 3.8) is 0 Å². The molecule has 9 heteroatoms. The molecule has 1 aromatic carbocycles. The topological polar surface area (TPSA) is 110 Å². The summed E-state index contributed by atoms with van der Waals surface area (Å²) in [5.74, 6) is -1.07. The molecule has 1 atom stereocenters. The number of nitrogens with one attached hydrogen (secondary N) is 1. The van der Waals surface area contributed by atoms with Gasteiger partial charge in [0.2, 0.25) is 5.91 Å². The quantitative estimate of drug-likeness (QED) is 0.689. The highest BCUT2D eigenvalue weighted by Gasteiger charge is 2.45. The zero-order valence-electron chi connectivity index (χ0n) is 16.4. The second-order valence-electron chi connectivity index (χ2n) is 7.70. The number of rotatable bonds is 5. The summed E-state index contributed by atoms with van der Waals surface area (Å²) in [6, 6.07) is 8.82. The molecule has 3 rings (SSSR count). The number of benzene rings is 1. The number of ether oxygens (including phenoxy) is 1. The van der Waals surface area contributed by atoms with Crippen LogP contribution in [0, 0.1) is 0 Å². The van der Waals surface area contributed by atoms with Crippen LogP contribution in [0.25, 0.3) is 0 Å². The normalized spacial score (nSPS) is 22.7. The molecule has 1 N–H and O–H groups in total. The van der Waals surface area contributed by atoms with E-state index in [9.17, 15) is 22.8 Å². The summed E-state index contributed by atoms with van der Waals surface area (Å²) in [7, 11) is -3.10. The number of hydrogen-bond acceptors (Lipinski definition) is 6. The van der Waals surface area contributed by atoms with Crippen LogP contribution >= 0.6 is 0 Å². The van der Waals surface area contributed by atoms with E-state index < -0.39 is 39.8 Å². The Balaban J connectivity index is 1.65. The van der Waals surface area contributed by atoms with Crippen molar-refractivity contribution in [1.29, 1.82) is 0 Å². The van der Waals surface area contributed by atoms with Crippen molar-refractivity contribution in [2.24, 2.45) is 0 Å². The monoisotopic (exact) mass is 422 g/mol. The number of nitrogens with zero attached hydrogens (tertiary/aromatic N) is 1. The Labute approximate surface area is 170 Å². The molecule has 0 saturated carbocycles. The molecule has 29 heavy (non-hydrogen) atoms. The Morgan fingerprint density at radius 1 is 1.17 bits per heavy atom. The summed E-state index contributed by atoms with van der Waals surface area (Å²) < 4.78 is 28.4. The van der Waals surface area contributed by atoms with Gasteiger partial charge in [-0.2, -0.15) is 0 Å². The number of piperidine rings is 1. The highest BCUT2D eigenvalue weighted by atomic mass is 32.2. The van der Waals surface area contributed by atoms with Gasteiger partial charge in [-0.1, -0.05) is 30.3 Å². The highest BCUT2D eigenvalue weighted by molar-refractivity contribution is 7.91. The second-order valence-corrected chi connectivity index (χ2v) is 9.93. The van der Waals surface area contributed by atoms with Crippen molar-refractivity contribution >= 4 is 27.6 Å². The zero-order chi connectivity index (χ0) is 21.1. The van der Waals surface area contributed by atoms with Crippen LogP contribution in [-0.2, 0) is 34.4 Å². The molecule has 2 aliphatic rings. The Morgan fingerprint density at radius 3 is 2.38 bits per heavy atom. The first-order valence-corrected chi connectivity index (χ1v) is 11.5. The van der Waals surface area contributed by atoms with Crippen LogP contribution in [0.1, 0.15) is 31.7 Å². The van der Waals surface area contributed by atoms with Gasteiger partial charge in [0.05, 0.1) is 16.9 Å². The molecule has 0 aromatic heterocycles. The number of sulfone groups is 1. The molecular formula is C20H26N2O6S. The van der Waals surface area contributed by atoms with E-state index in [-0.39, 0.29) is 17.4 Å². The van der Waals surface area contributed by atoms with E-state index in [4.69, 9.17) is 4.74 Å². The fourth-order valence-corrected chi connectivity index (χ4v) is 5.69. The van der Waals surface area contributed by atoms with E-state index in [0.717, 1.165) is 5.56 Å². The molecule has 0 unspecified atom stereocenters. The minimum absolute atomic E-state index is 0.0362. The van der Waals surface area contributed by atoms with Gasteiger partial charge in [-0.15, -0.1) is 0 Å². The van der Waals surface area contributed by atoms with Gasteiger partial charge in [0.25, 0.3) is 5.91 Å². The number of carbonyl (C=O) groups is 3.